The van der Waals surface area contributed by atoms with Gasteiger partial charge in [-0.05, 0) is 38.8 Å². The molecule has 0 aliphatic carbocycles. The molecule has 22 heavy (non-hydrogen) atoms. The standard InChI is InChI=1S/C14H22F3N3O2/c1-13(2,8-5-9-21-18-3)20-19-11-6-4-7-12(10-11)22-14(15,16)17/h4,6-7,10,18-20H,5,8-9H2,1-3H3. The van der Waals surface area contributed by atoms with Gasteiger partial charge < -0.3 is 15.0 Å². The van der Waals surface area contributed by atoms with Crippen LogP contribution in [0.3, 0.4) is 0 Å². The van der Waals surface area contributed by atoms with E-state index >= 15 is 0 Å². The van der Waals surface area contributed by atoms with Crippen molar-refractivity contribution >= 4 is 5.69 Å². The Labute approximate surface area is 128 Å². The molecule has 126 valence electrons. The maximum atomic E-state index is 12.2. The number of hydrogen-bond acceptors (Lipinski definition) is 5. The molecule has 0 saturated carbocycles. The second-order valence-electron chi connectivity index (χ2n) is 5.37. The fourth-order valence-electron chi connectivity index (χ4n) is 1.76. The van der Waals surface area contributed by atoms with E-state index in [1.54, 1.807) is 13.1 Å². The Morgan fingerprint density at radius 2 is 1.91 bits per heavy atom. The van der Waals surface area contributed by atoms with E-state index in [-0.39, 0.29) is 11.3 Å². The molecule has 1 aromatic rings. The Morgan fingerprint density at radius 3 is 2.55 bits per heavy atom. The van der Waals surface area contributed by atoms with Crippen LogP contribution in [0.25, 0.3) is 0 Å². The van der Waals surface area contributed by atoms with Gasteiger partial charge in [-0.25, -0.2) is 10.9 Å². The third-order valence-electron chi connectivity index (χ3n) is 2.81. The number of benzene rings is 1. The van der Waals surface area contributed by atoms with Crippen LogP contribution in [0.4, 0.5) is 18.9 Å². The average Bonchev–Trinajstić information content (AvgIpc) is 2.40. The summed E-state index contributed by atoms with van der Waals surface area (Å²) in [6.07, 6.45) is -3.04. The van der Waals surface area contributed by atoms with Gasteiger partial charge in [0.05, 0.1) is 12.3 Å². The molecule has 0 amide bonds. The van der Waals surface area contributed by atoms with Crippen LogP contribution in [0.5, 0.6) is 5.75 Å². The highest BCUT2D eigenvalue weighted by atomic mass is 19.4. The fraction of sp³-hybridized carbons (Fsp3) is 0.571. The second kappa shape index (κ2) is 8.21. The Bertz CT molecular complexity index is 453. The van der Waals surface area contributed by atoms with Crippen LogP contribution in [-0.4, -0.2) is 25.6 Å². The quantitative estimate of drug-likeness (QED) is 0.482. The third-order valence-corrected chi connectivity index (χ3v) is 2.81. The molecule has 8 heteroatoms. The van der Waals surface area contributed by atoms with Crippen LogP contribution in [0, 0.1) is 0 Å². The molecule has 0 aliphatic heterocycles. The number of halogens is 3. The van der Waals surface area contributed by atoms with Gasteiger partial charge in [0, 0.05) is 18.7 Å². The SMILES string of the molecule is CNOCCCC(C)(C)NNc1cccc(OC(F)(F)F)c1. The molecule has 1 aromatic carbocycles. The summed E-state index contributed by atoms with van der Waals surface area (Å²) >= 11 is 0. The van der Waals surface area contributed by atoms with Gasteiger partial charge in [-0.1, -0.05) is 6.07 Å². The zero-order valence-corrected chi connectivity index (χ0v) is 12.9. The molecule has 0 fully saturated rings. The lowest BCUT2D eigenvalue weighted by atomic mass is 10.00. The highest BCUT2D eigenvalue weighted by Crippen LogP contribution is 2.25. The van der Waals surface area contributed by atoms with Crippen molar-refractivity contribution in [2.24, 2.45) is 0 Å². The van der Waals surface area contributed by atoms with Gasteiger partial charge >= 0.3 is 6.36 Å². The van der Waals surface area contributed by atoms with Gasteiger partial charge in [0.25, 0.3) is 0 Å². The van der Waals surface area contributed by atoms with Crippen molar-refractivity contribution in [3.05, 3.63) is 24.3 Å². The van der Waals surface area contributed by atoms with Crippen LogP contribution in [0.2, 0.25) is 0 Å². The van der Waals surface area contributed by atoms with Gasteiger partial charge in [-0.15, -0.1) is 13.2 Å². The predicted molar refractivity (Wildman–Crippen MR) is 78.2 cm³/mol. The van der Waals surface area contributed by atoms with Gasteiger partial charge in [0.15, 0.2) is 0 Å². The second-order valence-corrected chi connectivity index (χ2v) is 5.37. The van der Waals surface area contributed by atoms with Crippen LogP contribution >= 0.6 is 0 Å². The molecule has 0 aromatic heterocycles. The lowest BCUT2D eigenvalue weighted by molar-refractivity contribution is -0.274. The molecule has 0 atom stereocenters. The molecular formula is C14H22F3N3O2. The molecule has 0 heterocycles. The molecule has 0 unspecified atom stereocenters. The molecule has 5 nitrogen and oxygen atoms in total. The average molecular weight is 321 g/mol. The first-order chi connectivity index (χ1) is 10.2. The number of rotatable bonds is 9. The Morgan fingerprint density at radius 1 is 1.18 bits per heavy atom. The Kier molecular flexibility index (Phi) is 6.92. The van der Waals surface area contributed by atoms with Gasteiger partial charge in [-0.3, -0.25) is 0 Å². The first-order valence-corrected chi connectivity index (χ1v) is 6.89. The topological polar surface area (TPSA) is 54.5 Å². The largest absolute Gasteiger partial charge is 0.573 e. The number of hydroxylamine groups is 1. The van der Waals surface area contributed by atoms with E-state index in [4.69, 9.17) is 4.84 Å². The molecule has 0 spiro atoms. The maximum absolute atomic E-state index is 12.2. The molecule has 0 bridgehead atoms. The van der Waals surface area contributed by atoms with Crippen molar-refractivity contribution in [2.45, 2.75) is 38.6 Å². The molecule has 0 radical (unpaired) electrons. The number of ether oxygens (including phenoxy) is 1. The lowest BCUT2D eigenvalue weighted by Gasteiger charge is -2.27. The van der Waals surface area contributed by atoms with E-state index in [0.717, 1.165) is 12.8 Å². The van der Waals surface area contributed by atoms with Crippen LogP contribution < -0.4 is 21.1 Å². The van der Waals surface area contributed by atoms with E-state index in [2.05, 4.69) is 21.1 Å². The zero-order chi connectivity index (χ0) is 16.6. The molecule has 0 saturated heterocycles. The summed E-state index contributed by atoms with van der Waals surface area (Å²) in [6, 6.07) is 5.66. The van der Waals surface area contributed by atoms with E-state index in [9.17, 15) is 13.2 Å². The summed E-state index contributed by atoms with van der Waals surface area (Å²) in [5, 5.41) is 0. The van der Waals surface area contributed by atoms with Crippen molar-refractivity contribution in [1.29, 1.82) is 0 Å². The first kappa shape index (κ1) is 18.5. The van der Waals surface area contributed by atoms with E-state index in [0.29, 0.717) is 12.3 Å². The Hall–Kier alpha value is -1.51. The van der Waals surface area contributed by atoms with Crippen molar-refractivity contribution in [1.82, 2.24) is 10.9 Å². The predicted octanol–water partition coefficient (Wildman–Crippen LogP) is 3.21. The monoisotopic (exact) mass is 321 g/mol. The summed E-state index contributed by atoms with van der Waals surface area (Å²) in [5.41, 5.74) is 8.81. The number of anilines is 1. The minimum absolute atomic E-state index is 0.252. The number of hydrogen-bond donors (Lipinski definition) is 3. The summed E-state index contributed by atoms with van der Waals surface area (Å²) in [7, 11) is 1.70. The minimum Gasteiger partial charge on any atom is -0.406 e. The van der Waals surface area contributed by atoms with Crippen LogP contribution in [-0.2, 0) is 4.84 Å². The zero-order valence-electron chi connectivity index (χ0n) is 12.9. The summed E-state index contributed by atoms with van der Waals surface area (Å²) in [5.74, 6) is -0.264. The first-order valence-electron chi connectivity index (χ1n) is 6.89. The van der Waals surface area contributed by atoms with Crippen LogP contribution in [0.15, 0.2) is 24.3 Å². The van der Waals surface area contributed by atoms with Crippen molar-refractivity contribution < 1.29 is 22.7 Å². The minimum atomic E-state index is -4.70. The lowest BCUT2D eigenvalue weighted by Crippen LogP contribution is -2.43. The highest BCUT2D eigenvalue weighted by molar-refractivity contribution is 5.47. The molecule has 3 N–H and O–H groups in total. The van der Waals surface area contributed by atoms with Gasteiger partial charge in [-0.2, -0.15) is 0 Å². The number of alkyl halides is 3. The van der Waals surface area contributed by atoms with Gasteiger partial charge in [0.2, 0.25) is 0 Å². The van der Waals surface area contributed by atoms with E-state index in [1.807, 2.05) is 13.8 Å². The van der Waals surface area contributed by atoms with Crippen molar-refractivity contribution in [3.63, 3.8) is 0 Å². The maximum Gasteiger partial charge on any atom is 0.573 e. The van der Waals surface area contributed by atoms with Crippen LogP contribution in [0.1, 0.15) is 26.7 Å². The highest BCUT2D eigenvalue weighted by Gasteiger charge is 2.31. The number of hydrazine groups is 1. The third kappa shape index (κ3) is 8.06. The normalized spacial score (nSPS) is 12.3. The van der Waals surface area contributed by atoms with E-state index in [1.165, 1.54) is 18.2 Å². The van der Waals surface area contributed by atoms with E-state index < -0.39 is 6.36 Å². The Balaban J connectivity index is 2.47. The van der Waals surface area contributed by atoms with Crippen molar-refractivity contribution in [3.8, 4) is 5.75 Å². The summed E-state index contributed by atoms with van der Waals surface area (Å²) in [4.78, 5) is 5.03. The molecule has 1 rings (SSSR count). The number of nitrogens with one attached hydrogen (secondary N) is 3. The summed E-state index contributed by atoms with van der Waals surface area (Å²) < 4.78 is 40.4. The van der Waals surface area contributed by atoms with Gasteiger partial charge in [0.1, 0.15) is 5.75 Å². The smallest absolute Gasteiger partial charge is 0.406 e. The fourth-order valence-corrected chi connectivity index (χ4v) is 1.76. The van der Waals surface area contributed by atoms with Crippen molar-refractivity contribution in [2.75, 3.05) is 19.1 Å². The molecular weight excluding hydrogens is 299 g/mol. The summed E-state index contributed by atoms with van der Waals surface area (Å²) in [6.45, 7) is 4.54. The molecule has 0 aliphatic rings.